The van der Waals surface area contributed by atoms with E-state index in [0.717, 1.165) is 0 Å². The summed E-state index contributed by atoms with van der Waals surface area (Å²) in [5.41, 5.74) is -0.743. The van der Waals surface area contributed by atoms with Crippen molar-refractivity contribution in [3.63, 3.8) is 0 Å². The average molecular weight is 206 g/mol. The average Bonchev–Trinajstić information content (AvgIpc) is 2.06. The summed E-state index contributed by atoms with van der Waals surface area (Å²) < 4.78 is 5.02. The minimum atomic E-state index is -1.83. The third kappa shape index (κ3) is 1.66. The van der Waals surface area contributed by atoms with E-state index in [0.29, 0.717) is 0 Å². The van der Waals surface area contributed by atoms with Gasteiger partial charge in [-0.25, -0.2) is 0 Å². The summed E-state index contributed by atoms with van der Waals surface area (Å²) in [6.45, 7) is 4.86. The zero-order valence-electron chi connectivity index (χ0n) is 8.64. The fourth-order valence-electron chi connectivity index (χ4n) is 1.50. The number of aliphatic hydroxyl groups excluding tert-OH is 3. The maximum absolute atomic E-state index is 10.0. The molecule has 0 radical (unpaired) electrons. The zero-order chi connectivity index (χ0) is 11.1. The summed E-state index contributed by atoms with van der Waals surface area (Å²) in [5.74, 6) is -1.83. The Bertz CT molecular complexity index is 212. The molecule has 1 heterocycles. The van der Waals surface area contributed by atoms with Crippen LogP contribution in [0.1, 0.15) is 20.8 Å². The molecule has 0 aromatic heterocycles. The van der Waals surface area contributed by atoms with Crippen molar-refractivity contribution in [1.29, 1.82) is 0 Å². The second-order valence-corrected chi connectivity index (χ2v) is 4.76. The predicted molar refractivity (Wildman–Crippen MR) is 48.4 cm³/mol. The van der Waals surface area contributed by atoms with Crippen molar-refractivity contribution < 1.29 is 25.2 Å². The molecule has 1 aliphatic heterocycles. The molecule has 4 atom stereocenters. The molecule has 1 saturated heterocycles. The highest BCUT2D eigenvalue weighted by molar-refractivity contribution is 4.97. The van der Waals surface area contributed by atoms with Crippen molar-refractivity contribution in [1.82, 2.24) is 0 Å². The number of hydrogen-bond acceptors (Lipinski definition) is 5. The minimum absolute atomic E-state index is 0.188. The lowest BCUT2D eigenvalue weighted by molar-refractivity contribution is -0.358. The quantitative estimate of drug-likeness (QED) is 0.401. The Hall–Kier alpha value is -0.200. The minimum Gasteiger partial charge on any atom is -0.388 e. The normalized spacial score (nSPS) is 45.2. The van der Waals surface area contributed by atoms with Gasteiger partial charge in [-0.15, -0.1) is 0 Å². The second-order valence-electron chi connectivity index (χ2n) is 4.76. The van der Waals surface area contributed by atoms with Gasteiger partial charge < -0.3 is 25.2 Å². The Morgan fingerprint density at radius 2 is 1.71 bits per heavy atom. The van der Waals surface area contributed by atoms with Gasteiger partial charge in [0.2, 0.25) is 0 Å². The predicted octanol–water partition coefficient (Wildman–Crippen LogP) is -1.17. The monoisotopic (exact) mass is 206 g/mol. The fourth-order valence-corrected chi connectivity index (χ4v) is 1.50. The summed E-state index contributed by atoms with van der Waals surface area (Å²) in [6, 6.07) is 0. The van der Waals surface area contributed by atoms with E-state index >= 15 is 0 Å². The van der Waals surface area contributed by atoms with Gasteiger partial charge in [0.05, 0.1) is 6.61 Å². The molecule has 0 aliphatic carbocycles. The van der Waals surface area contributed by atoms with Crippen LogP contribution >= 0.6 is 0 Å². The summed E-state index contributed by atoms with van der Waals surface area (Å²) in [4.78, 5) is 0. The molecule has 84 valence electrons. The molecule has 1 fully saturated rings. The van der Waals surface area contributed by atoms with Gasteiger partial charge in [-0.05, 0) is 0 Å². The number of aliphatic hydroxyl groups is 4. The molecule has 5 heteroatoms. The Labute approximate surface area is 82.9 Å². The van der Waals surface area contributed by atoms with Crippen LogP contribution in [-0.2, 0) is 4.74 Å². The van der Waals surface area contributed by atoms with Gasteiger partial charge in [-0.1, -0.05) is 20.8 Å². The Balaban J connectivity index is 2.91. The molecule has 0 aromatic carbocycles. The number of hydrogen-bond donors (Lipinski definition) is 4. The first kappa shape index (κ1) is 11.9. The second kappa shape index (κ2) is 3.43. The maximum Gasteiger partial charge on any atom is 0.199 e. The van der Waals surface area contributed by atoms with Gasteiger partial charge in [-0.2, -0.15) is 0 Å². The van der Waals surface area contributed by atoms with Crippen LogP contribution in [0.25, 0.3) is 0 Å². The summed E-state index contributed by atoms with van der Waals surface area (Å²) >= 11 is 0. The van der Waals surface area contributed by atoms with E-state index < -0.39 is 29.5 Å². The number of rotatable bonds is 0. The van der Waals surface area contributed by atoms with Crippen molar-refractivity contribution in [3.05, 3.63) is 0 Å². The fraction of sp³-hybridized carbons (Fsp3) is 1.00. The van der Waals surface area contributed by atoms with Crippen molar-refractivity contribution in [2.24, 2.45) is 5.41 Å². The summed E-state index contributed by atoms with van der Waals surface area (Å²) in [6.07, 6.45) is -4.05. The lowest BCUT2D eigenvalue weighted by Crippen LogP contribution is -2.65. The van der Waals surface area contributed by atoms with Gasteiger partial charge >= 0.3 is 0 Å². The third-order valence-corrected chi connectivity index (χ3v) is 2.67. The molecule has 0 aromatic rings. The highest BCUT2D eigenvalue weighted by Crippen LogP contribution is 2.38. The van der Waals surface area contributed by atoms with Gasteiger partial charge in [0.15, 0.2) is 5.79 Å². The zero-order valence-corrected chi connectivity index (χ0v) is 8.64. The molecule has 1 aliphatic rings. The molecule has 14 heavy (non-hydrogen) atoms. The molecule has 5 nitrogen and oxygen atoms in total. The molecular weight excluding hydrogens is 188 g/mol. The van der Waals surface area contributed by atoms with E-state index in [1.165, 1.54) is 0 Å². The molecule has 0 bridgehead atoms. The van der Waals surface area contributed by atoms with Crippen molar-refractivity contribution in [3.8, 4) is 0 Å². The largest absolute Gasteiger partial charge is 0.388 e. The molecule has 0 unspecified atom stereocenters. The first-order valence-corrected chi connectivity index (χ1v) is 4.60. The van der Waals surface area contributed by atoms with Crippen molar-refractivity contribution in [2.75, 3.05) is 6.61 Å². The summed E-state index contributed by atoms with van der Waals surface area (Å²) in [7, 11) is 0. The lowest BCUT2D eigenvalue weighted by atomic mass is 9.78. The van der Waals surface area contributed by atoms with E-state index in [2.05, 4.69) is 0 Å². The van der Waals surface area contributed by atoms with Crippen molar-refractivity contribution in [2.45, 2.75) is 44.9 Å². The van der Waals surface area contributed by atoms with Gasteiger partial charge in [-0.3, -0.25) is 0 Å². The van der Waals surface area contributed by atoms with E-state index in [-0.39, 0.29) is 6.61 Å². The van der Waals surface area contributed by atoms with Gasteiger partial charge in [0.25, 0.3) is 0 Å². The van der Waals surface area contributed by atoms with Crippen LogP contribution in [-0.4, -0.2) is 51.1 Å². The summed E-state index contributed by atoms with van der Waals surface area (Å²) in [5, 5.41) is 38.2. The molecular formula is C9H18O5. The van der Waals surface area contributed by atoms with E-state index in [1.807, 2.05) is 0 Å². The SMILES string of the molecule is CC(C)(C)[C@@]1(O)OC[C@@H](O)[C@H](O)[C@H]1O. The van der Waals surface area contributed by atoms with Crippen LogP contribution < -0.4 is 0 Å². The van der Waals surface area contributed by atoms with Crippen LogP contribution in [0, 0.1) is 5.41 Å². The van der Waals surface area contributed by atoms with Crippen LogP contribution in [0.15, 0.2) is 0 Å². The van der Waals surface area contributed by atoms with Crippen LogP contribution in [0.3, 0.4) is 0 Å². The van der Waals surface area contributed by atoms with E-state index in [4.69, 9.17) is 4.74 Å². The lowest BCUT2D eigenvalue weighted by Gasteiger charge is -2.48. The number of ether oxygens (including phenoxy) is 1. The smallest absolute Gasteiger partial charge is 0.199 e. The highest BCUT2D eigenvalue weighted by atomic mass is 16.7. The van der Waals surface area contributed by atoms with E-state index in [9.17, 15) is 20.4 Å². The molecule has 0 saturated carbocycles. The van der Waals surface area contributed by atoms with Crippen molar-refractivity contribution >= 4 is 0 Å². The Kier molecular flexibility index (Phi) is 2.91. The molecule has 4 N–H and O–H groups in total. The van der Waals surface area contributed by atoms with Gasteiger partial charge in [0.1, 0.15) is 18.3 Å². The van der Waals surface area contributed by atoms with Gasteiger partial charge in [0, 0.05) is 5.41 Å². The van der Waals surface area contributed by atoms with Crippen LogP contribution in [0.4, 0.5) is 0 Å². The van der Waals surface area contributed by atoms with Crippen LogP contribution in [0.2, 0.25) is 0 Å². The molecule has 0 amide bonds. The van der Waals surface area contributed by atoms with Crippen LogP contribution in [0.5, 0.6) is 0 Å². The molecule has 1 rings (SSSR count). The Morgan fingerprint density at radius 1 is 1.21 bits per heavy atom. The first-order valence-electron chi connectivity index (χ1n) is 4.60. The molecule has 0 spiro atoms. The van der Waals surface area contributed by atoms with E-state index in [1.54, 1.807) is 20.8 Å². The highest BCUT2D eigenvalue weighted by Gasteiger charge is 2.55. The standard InChI is InChI=1S/C9H18O5/c1-8(2,3)9(13)7(12)6(11)5(10)4-14-9/h5-7,10-13H,4H2,1-3H3/t5-,6+,7-,9+/m1/s1. The first-order chi connectivity index (χ1) is 6.20. The Morgan fingerprint density at radius 3 is 2.14 bits per heavy atom. The topological polar surface area (TPSA) is 90.2 Å². The maximum atomic E-state index is 10.0. The third-order valence-electron chi connectivity index (χ3n) is 2.67.